The zero-order valence-corrected chi connectivity index (χ0v) is 17.8. The molecule has 8 heteroatoms. The molecule has 27 heavy (non-hydrogen) atoms. The molecule has 6 nitrogen and oxygen atoms in total. The van der Waals surface area contributed by atoms with Gasteiger partial charge in [-0.15, -0.1) is 0 Å². The summed E-state index contributed by atoms with van der Waals surface area (Å²) in [7, 11) is -3.71. The third-order valence-corrected chi connectivity index (χ3v) is 6.86. The summed E-state index contributed by atoms with van der Waals surface area (Å²) in [6.07, 6.45) is 3.25. The van der Waals surface area contributed by atoms with Crippen molar-refractivity contribution in [3.05, 3.63) is 23.2 Å². The zero-order valence-electron chi connectivity index (χ0n) is 16.2. The van der Waals surface area contributed by atoms with Gasteiger partial charge in [-0.25, -0.2) is 8.42 Å². The Morgan fingerprint density at radius 3 is 2.78 bits per heavy atom. The number of benzene rings is 1. The summed E-state index contributed by atoms with van der Waals surface area (Å²) in [4.78, 5) is 12.6. The predicted octanol–water partition coefficient (Wildman–Crippen LogP) is 3.44. The van der Waals surface area contributed by atoms with E-state index in [2.05, 4.69) is 12.2 Å². The summed E-state index contributed by atoms with van der Waals surface area (Å²) < 4.78 is 32.7. The van der Waals surface area contributed by atoms with E-state index in [1.54, 1.807) is 6.07 Å². The van der Waals surface area contributed by atoms with Crippen molar-refractivity contribution < 1.29 is 17.9 Å². The summed E-state index contributed by atoms with van der Waals surface area (Å²) in [5.74, 6) is 0.0607. The number of piperidine rings is 1. The molecular formula is C19H29ClN2O4S. The fraction of sp³-hybridized carbons (Fsp3) is 0.632. The van der Waals surface area contributed by atoms with Gasteiger partial charge in [0.25, 0.3) is 0 Å². The Morgan fingerprint density at radius 1 is 1.41 bits per heavy atom. The van der Waals surface area contributed by atoms with Crippen LogP contribution in [0.5, 0.6) is 5.75 Å². The third kappa shape index (κ3) is 5.59. The van der Waals surface area contributed by atoms with E-state index in [4.69, 9.17) is 16.3 Å². The molecule has 0 aromatic heterocycles. The van der Waals surface area contributed by atoms with Crippen LogP contribution < -0.4 is 10.1 Å². The van der Waals surface area contributed by atoms with Crippen LogP contribution in [-0.2, 0) is 14.8 Å². The average molecular weight is 417 g/mol. The van der Waals surface area contributed by atoms with Crippen molar-refractivity contribution in [1.82, 2.24) is 9.62 Å². The molecule has 1 saturated heterocycles. The molecule has 0 radical (unpaired) electrons. The molecular weight excluding hydrogens is 388 g/mol. The van der Waals surface area contributed by atoms with Crippen molar-refractivity contribution in [2.24, 2.45) is 5.92 Å². The lowest BCUT2D eigenvalue weighted by Crippen LogP contribution is -2.47. The van der Waals surface area contributed by atoms with Gasteiger partial charge in [-0.1, -0.05) is 24.9 Å². The number of halogens is 1. The molecule has 2 atom stereocenters. The molecule has 0 unspecified atom stereocenters. The topological polar surface area (TPSA) is 75.7 Å². The van der Waals surface area contributed by atoms with Crippen LogP contribution in [0.4, 0.5) is 0 Å². The quantitative estimate of drug-likeness (QED) is 0.704. The van der Waals surface area contributed by atoms with Crippen molar-refractivity contribution in [2.75, 3.05) is 19.7 Å². The van der Waals surface area contributed by atoms with Crippen LogP contribution in [0.3, 0.4) is 0 Å². The second-order valence-corrected chi connectivity index (χ2v) is 9.27. The zero-order chi connectivity index (χ0) is 20.0. The molecule has 1 aromatic rings. The molecule has 1 aliphatic heterocycles. The minimum Gasteiger partial charge on any atom is -0.492 e. The Hall–Kier alpha value is -1.31. The highest BCUT2D eigenvalue weighted by atomic mass is 35.5. The van der Waals surface area contributed by atoms with Gasteiger partial charge in [0.1, 0.15) is 5.75 Å². The van der Waals surface area contributed by atoms with Gasteiger partial charge in [0, 0.05) is 19.1 Å². The van der Waals surface area contributed by atoms with Crippen LogP contribution in [0, 0.1) is 5.92 Å². The molecule has 0 aliphatic carbocycles. The molecule has 1 N–H and O–H groups in total. The van der Waals surface area contributed by atoms with E-state index in [0.717, 1.165) is 12.8 Å². The van der Waals surface area contributed by atoms with E-state index in [-0.39, 0.29) is 34.3 Å². The SMILES string of the molecule is CCC[C@@H](C)NC(=O)[C@H]1CCCN(S(=O)(=O)c2ccc(OCC)c(Cl)c2)C1. The van der Waals surface area contributed by atoms with E-state index < -0.39 is 10.0 Å². The molecule has 1 aliphatic rings. The van der Waals surface area contributed by atoms with Gasteiger partial charge in [-0.05, 0) is 51.3 Å². The van der Waals surface area contributed by atoms with Gasteiger partial charge in [0.05, 0.1) is 22.4 Å². The van der Waals surface area contributed by atoms with Gasteiger partial charge in [0.2, 0.25) is 15.9 Å². The van der Waals surface area contributed by atoms with Crippen molar-refractivity contribution in [1.29, 1.82) is 0 Å². The van der Waals surface area contributed by atoms with Crippen LogP contribution in [-0.4, -0.2) is 44.4 Å². The number of hydrogen-bond donors (Lipinski definition) is 1. The fourth-order valence-electron chi connectivity index (χ4n) is 3.30. The smallest absolute Gasteiger partial charge is 0.243 e. The number of carbonyl (C=O) groups is 1. The molecule has 1 fully saturated rings. The number of ether oxygens (including phenoxy) is 1. The lowest BCUT2D eigenvalue weighted by molar-refractivity contribution is -0.126. The number of nitrogens with one attached hydrogen (secondary N) is 1. The highest BCUT2D eigenvalue weighted by Crippen LogP contribution is 2.30. The fourth-order valence-corrected chi connectivity index (χ4v) is 5.15. The van der Waals surface area contributed by atoms with Gasteiger partial charge >= 0.3 is 0 Å². The number of hydrogen-bond acceptors (Lipinski definition) is 4. The first-order valence-corrected chi connectivity index (χ1v) is 11.3. The summed E-state index contributed by atoms with van der Waals surface area (Å²) in [5.41, 5.74) is 0. The standard InChI is InChI=1S/C19H29ClN2O4S/c1-4-7-14(3)21-19(23)15-8-6-11-22(13-15)27(24,25)16-9-10-18(26-5-2)17(20)12-16/h9-10,12,14-15H,4-8,11,13H2,1-3H3,(H,21,23)/t14-,15+/m1/s1. The molecule has 1 aromatic carbocycles. The molecule has 0 saturated carbocycles. The largest absolute Gasteiger partial charge is 0.492 e. The average Bonchev–Trinajstić information content (AvgIpc) is 2.63. The van der Waals surface area contributed by atoms with Gasteiger partial charge in [0.15, 0.2) is 0 Å². The maximum atomic E-state index is 13.0. The highest BCUT2D eigenvalue weighted by Gasteiger charge is 2.33. The Morgan fingerprint density at radius 2 is 2.15 bits per heavy atom. The maximum Gasteiger partial charge on any atom is 0.243 e. The molecule has 2 rings (SSSR count). The molecule has 152 valence electrons. The summed E-state index contributed by atoms with van der Waals surface area (Å²) in [5, 5.41) is 3.26. The summed E-state index contributed by atoms with van der Waals surface area (Å²) >= 11 is 6.15. The van der Waals surface area contributed by atoms with Gasteiger partial charge < -0.3 is 10.1 Å². The predicted molar refractivity (Wildman–Crippen MR) is 107 cm³/mol. The first-order chi connectivity index (χ1) is 12.8. The van der Waals surface area contributed by atoms with E-state index in [1.807, 2.05) is 13.8 Å². The third-order valence-electron chi connectivity index (χ3n) is 4.71. The van der Waals surface area contributed by atoms with Crippen LogP contribution in [0.2, 0.25) is 5.02 Å². The Labute approximate surface area is 167 Å². The Balaban J connectivity index is 2.12. The molecule has 0 bridgehead atoms. The molecule has 0 spiro atoms. The van der Waals surface area contributed by atoms with Crippen LogP contribution in [0.1, 0.15) is 46.5 Å². The first-order valence-electron chi connectivity index (χ1n) is 9.52. The van der Waals surface area contributed by atoms with E-state index in [9.17, 15) is 13.2 Å². The summed E-state index contributed by atoms with van der Waals surface area (Å²) in [6.45, 7) is 6.92. The Kier molecular flexibility index (Phi) is 7.94. The highest BCUT2D eigenvalue weighted by molar-refractivity contribution is 7.89. The van der Waals surface area contributed by atoms with Crippen molar-refractivity contribution >= 4 is 27.5 Å². The van der Waals surface area contributed by atoms with Crippen molar-refractivity contribution in [3.63, 3.8) is 0 Å². The number of amides is 1. The number of sulfonamides is 1. The lowest BCUT2D eigenvalue weighted by Gasteiger charge is -2.32. The lowest BCUT2D eigenvalue weighted by atomic mass is 9.98. The first kappa shape index (κ1) is 22.0. The van der Waals surface area contributed by atoms with Gasteiger partial charge in [-0.3, -0.25) is 4.79 Å². The molecule has 1 amide bonds. The number of carbonyl (C=O) groups excluding carboxylic acids is 1. The van der Waals surface area contributed by atoms with Crippen LogP contribution >= 0.6 is 11.6 Å². The second kappa shape index (κ2) is 9.75. The van der Waals surface area contributed by atoms with Gasteiger partial charge in [-0.2, -0.15) is 4.31 Å². The van der Waals surface area contributed by atoms with Crippen LogP contribution in [0.15, 0.2) is 23.1 Å². The number of nitrogens with zero attached hydrogens (tertiary/aromatic N) is 1. The normalized spacial score (nSPS) is 19.5. The maximum absolute atomic E-state index is 13.0. The second-order valence-electron chi connectivity index (χ2n) is 6.93. The minimum absolute atomic E-state index is 0.0689. The van der Waals surface area contributed by atoms with Crippen molar-refractivity contribution in [2.45, 2.75) is 57.4 Å². The monoisotopic (exact) mass is 416 g/mol. The summed E-state index contributed by atoms with van der Waals surface area (Å²) in [6, 6.07) is 4.58. The number of rotatable bonds is 8. The van der Waals surface area contributed by atoms with E-state index >= 15 is 0 Å². The van der Waals surface area contributed by atoms with E-state index in [1.165, 1.54) is 16.4 Å². The van der Waals surface area contributed by atoms with E-state index in [0.29, 0.717) is 31.7 Å². The van der Waals surface area contributed by atoms with Crippen molar-refractivity contribution in [3.8, 4) is 5.75 Å². The van der Waals surface area contributed by atoms with Crippen LogP contribution in [0.25, 0.3) is 0 Å². The molecule has 1 heterocycles. The minimum atomic E-state index is -3.71. The Bertz CT molecular complexity index is 754.